The van der Waals surface area contributed by atoms with E-state index in [-0.39, 0.29) is 0 Å². The van der Waals surface area contributed by atoms with Gasteiger partial charge in [0.25, 0.3) is 0 Å². The second kappa shape index (κ2) is 4.42. The van der Waals surface area contributed by atoms with Crippen molar-refractivity contribution in [3.63, 3.8) is 0 Å². The first-order chi connectivity index (χ1) is 9.17. The van der Waals surface area contributed by atoms with Gasteiger partial charge < -0.3 is 4.98 Å². The molecule has 0 fully saturated rings. The second-order valence-corrected chi connectivity index (χ2v) is 4.82. The van der Waals surface area contributed by atoms with Crippen LogP contribution in [0.1, 0.15) is 11.1 Å². The lowest BCUT2D eigenvalue weighted by Gasteiger charge is -2.01. The highest BCUT2D eigenvalue weighted by Crippen LogP contribution is 2.28. The van der Waals surface area contributed by atoms with Crippen LogP contribution in [0.3, 0.4) is 0 Å². The number of nitriles is 1. The Hall–Kier alpha value is -2.31. The third-order valence-electron chi connectivity index (χ3n) is 2.99. The summed E-state index contributed by atoms with van der Waals surface area (Å²) in [5.74, 6) is 0.718. The number of halogens is 1. The minimum absolute atomic E-state index is 0.609. The Morgan fingerprint density at radius 1 is 1.21 bits per heavy atom. The summed E-state index contributed by atoms with van der Waals surface area (Å²) in [6, 6.07) is 13.3. The number of hydrogen-bond acceptors (Lipinski definition) is 2. The van der Waals surface area contributed by atoms with Crippen molar-refractivity contribution >= 4 is 22.6 Å². The lowest BCUT2D eigenvalue weighted by Crippen LogP contribution is -1.83. The van der Waals surface area contributed by atoms with Gasteiger partial charge in [-0.15, -0.1) is 0 Å². The van der Waals surface area contributed by atoms with Gasteiger partial charge >= 0.3 is 0 Å². The molecule has 92 valence electrons. The maximum absolute atomic E-state index is 8.89. The maximum atomic E-state index is 8.89. The van der Waals surface area contributed by atoms with Crippen LogP contribution in [0.5, 0.6) is 0 Å². The van der Waals surface area contributed by atoms with E-state index in [2.05, 4.69) is 16.0 Å². The van der Waals surface area contributed by atoms with Crippen LogP contribution in [0, 0.1) is 18.3 Å². The Morgan fingerprint density at radius 3 is 2.79 bits per heavy atom. The number of rotatable bonds is 1. The van der Waals surface area contributed by atoms with E-state index in [1.807, 2.05) is 31.2 Å². The molecule has 0 saturated heterocycles. The average molecular weight is 268 g/mol. The summed E-state index contributed by atoms with van der Waals surface area (Å²) in [4.78, 5) is 7.70. The van der Waals surface area contributed by atoms with Crippen LogP contribution in [-0.4, -0.2) is 9.97 Å². The van der Waals surface area contributed by atoms with Crippen LogP contribution in [0.4, 0.5) is 0 Å². The Balaban J connectivity index is 2.18. The van der Waals surface area contributed by atoms with Crippen LogP contribution in [-0.2, 0) is 0 Å². The topological polar surface area (TPSA) is 52.5 Å². The zero-order valence-electron chi connectivity index (χ0n) is 10.2. The third-order valence-corrected chi connectivity index (χ3v) is 3.30. The van der Waals surface area contributed by atoms with Crippen LogP contribution in [0.2, 0.25) is 5.02 Å². The molecular weight excluding hydrogens is 258 g/mol. The number of fused-ring (bicyclic) bond motifs is 1. The number of aromatic amines is 1. The molecule has 0 aliphatic carbocycles. The normalized spacial score (nSPS) is 10.6. The van der Waals surface area contributed by atoms with Crippen LogP contribution in [0.15, 0.2) is 36.4 Å². The van der Waals surface area contributed by atoms with Crippen molar-refractivity contribution in [2.45, 2.75) is 6.92 Å². The van der Waals surface area contributed by atoms with Gasteiger partial charge in [0.05, 0.1) is 27.7 Å². The van der Waals surface area contributed by atoms with Crippen LogP contribution in [0.25, 0.3) is 22.4 Å². The molecular formula is C15H10ClN3. The number of aryl methyl sites for hydroxylation is 1. The summed E-state index contributed by atoms with van der Waals surface area (Å²) in [7, 11) is 0. The Kier molecular flexibility index (Phi) is 2.73. The molecule has 1 aromatic heterocycles. The molecule has 3 aromatic rings. The first kappa shape index (κ1) is 11.8. The predicted molar refractivity (Wildman–Crippen MR) is 76.0 cm³/mol. The SMILES string of the molecule is Cc1ccc(-c2nc3ccc(C#N)cc3[nH]2)c(Cl)c1. The highest BCUT2D eigenvalue weighted by Gasteiger charge is 2.09. The molecule has 19 heavy (non-hydrogen) atoms. The zero-order valence-corrected chi connectivity index (χ0v) is 11.0. The summed E-state index contributed by atoms with van der Waals surface area (Å²) >= 11 is 6.24. The van der Waals surface area contributed by atoms with Gasteiger partial charge in [-0.1, -0.05) is 17.7 Å². The highest BCUT2D eigenvalue weighted by molar-refractivity contribution is 6.33. The van der Waals surface area contributed by atoms with E-state index >= 15 is 0 Å². The van der Waals surface area contributed by atoms with E-state index in [0.29, 0.717) is 10.6 Å². The van der Waals surface area contributed by atoms with Crippen LogP contribution < -0.4 is 0 Å². The average Bonchev–Trinajstić information content (AvgIpc) is 2.80. The molecule has 1 heterocycles. The van der Waals surface area contributed by atoms with Gasteiger partial charge in [0.1, 0.15) is 5.82 Å². The van der Waals surface area contributed by atoms with Crippen molar-refractivity contribution in [3.8, 4) is 17.5 Å². The summed E-state index contributed by atoms with van der Waals surface area (Å²) in [6.45, 7) is 1.99. The number of benzene rings is 2. The molecule has 4 heteroatoms. The van der Waals surface area contributed by atoms with E-state index in [1.54, 1.807) is 12.1 Å². The minimum atomic E-state index is 0.609. The zero-order chi connectivity index (χ0) is 13.4. The van der Waals surface area contributed by atoms with Gasteiger partial charge in [0.2, 0.25) is 0 Å². The van der Waals surface area contributed by atoms with Crippen molar-refractivity contribution in [2.24, 2.45) is 0 Å². The number of nitrogens with zero attached hydrogens (tertiary/aromatic N) is 2. The van der Waals surface area contributed by atoms with Gasteiger partial charge in [0.15, 0.2) is 0 Å². The third kappa shape index (κ3) is 2.07. The Bertz CT molecular complexity index is 812. The quantitative estimate of drug-likeness (QED) is 0.723. The van der Waals surface area contributed by atoms with Gasteiger partial charge in [-0.25, -0.2) is 4.98 Å². The van der Waals surface area contributed by atoms with Crippen molar-refractivity contribution in [1.29, 1.82) is 5.26 Å². The van der Waals surface area contributed by atoms with Crippen molar-refractivity contribution in [3.05, 3.63) is 52.5 Å². The van der Waals surface area contributed by atoms with Gasteiger partial charge in [-0.3, -0.25) is 0 Å². The smallest absolute Gasteiger partial charge is 0.139 e. The molecule has 2 aromatic carbocycles. The summed E-state index contributed by atoms with van der Waals surface area (Å²) < 4.78 is 0. The number of H-pyrrole nitrogens is 1. The number of nitrogens with one attached hydrogen (secondary N) is 1. The number of imidazole rings is 1. The minimum Gasteiger partial charge on any atom is -0.338 e. The van der Waals surface area contributed by atoms with Gasteiger partial charge in [-0.2, -0.15) is 5.26 Å². The van der Waals surface area contributed by atoms with E-state index in [0.717, 1.165) is 28.0 Å². The first-order valence-electron chi connectivity index (χ1n) is 5.84. The molecule has 0 spiro atoms. The van der Waals surface area contributed by atoms with Crippen molar-refractivity contribution < 1.29 is 0 Å². The van der Waals surface area contributed by atoms with E-state index in [4.69, 9.17) is 16.9 Å². The van der Waals surface area contributed by atoms with E-state index in [9.17, 15) is 0 Å². The lowest BCUT2D eigenvalue weighted by atomic mass is 10.1. The Labute approximate surface area is 115 Å². The molecule has 0 bridgehead atoms. The molecule has 0 unspecified atom stereocenters. The maximum Gasteiger partial charge on any atom is 0.139 e. The fourth-order valence-corrected chi connectivity index (χ4v) is 2.34. The molecule has 0 atom stereocenters. The summed E-state index contributed by atoms with van der Waals surface area (Å²) in [5, 5.41) is 9.56. The fourth-order valence-electron chi connectivity index (χ4n) is 2.02. The molecule has 3 nitrogen and oxygen atoms in total. The number of aromatic nitrogens is 2. The van der Waals surface area contributed by atoms with E-state index in [1.165, 1.54) is 0 Å². The second-order valence-electron chi connectivity index (χ2n) is 4.41. The number of hydrogen-bond donors (Lipinski definition) is 1. The van der Waals surface area contributed by atoms with Crippen LogP contribution >= 0.6 is 11.6 Å². The monoisotopic (exact) mass is 267 g/mol. The molecule has 0 saturated carbocycles. The first-order valence-corrected chi connectivity index (χ1v) is 6.21. The largest absolute Gasteiger partial charge is 0.338 e. The fraction of sp³-hybridized carbons (Fsp3) is 0.0667. The Morgan fingerprint density at radius 2 is 2.05 bits per heavy atom. The van der Waals surface area contributed by atoms with E-state index < -0.39 is 0 Å². The standard InChI is InChI=1S/C15H10ClN3/c1-9-2-4-11(12(16)6-9)15-18-13-5-3-10(8-17)7-14(13)19-15/h2-7H,1H3,(H,18,19). The molecule has 0 aliphatic heterocycles. The molecule has 0 radical (unpaired) electrons. The van der Waals surface area contributed by atoms with Crippen molar-refractivity contribution in [1.82, 2.24) is 9.97 Å². The van der Waals surface area contributed by atoms with Crippen molar-refractivity contribution in [2.75, 3.05) is 0 Å². The van der Waals surface area contributed by atoms with Gasteiger partial charge in [-0.05, 0) is 42.8 Å². The molecule has 0 amide bonds. The molecule has 1 N–H and O–H groups in total. The summed E-state index contributed by atoms with van der Waals surface area (Å²) in [5.41, 5.74) is 4.24. The summed E-state index contributed by atoms with van der Waals surface area (Å²) in [6.07, 6.45) is 0. The lowest BCUT2D eigenvalue weighted by molar-refractivity contribution is 1.33. The molecule has 0 aliphatic rings. The molecule has 3 rings (SSSR count). The predicted octanol–water partition coefficient (Wildman–Crippen LogP) is 4.06. The van der Waals surface area contributed by atoms with Gasteiger partial charge in [0, 0.05) is 5.56 Å². The highest BCUT2D eigenvalue weighted by atomic mass is 35.5.